The van der Waals surface area contributed by atoms with Gasteiger partial charge in [0, 0.05) is 22.4 Å². The smallest absolute Gasteiger partial charge is 0.0627 e. The van der Waals surface area contributed by atoms with Crippen LogP contribution in [0.2, 0.25) is 0 Å². The van der Waals surface area contributed by atoms with E-state index in [1.807, 2.05) is 0 Å². The summed E-state index contributed by atoms with van der Waals surface area (Å²) >= 11 is 0. The van der Waals surface area contributed by atoms with Crippen molar-refractivity contribution < 1.29 is 42.8 Å². The predicted molar refractivity (Wildman–Crippen MR) is 30.8 cm³/mol. The molecule has 0 aliphatic rings. The van der Waals surface area contributed by atoms with E-state index in [1.165, 1.54) is 0 Å². The molecule has 0 aromatic heterocycles. The summed E-state index contributed by atoms with van der Waals surface area (Å²) < 4.78 is 0. The fourth-order valence-electron chi connectivity index (χ4n) is 0.300. The second-order valence-corrected chi connectivity index (χ2v) is 2.13. The van der Waals surface area contributed by atoms with E-state index in [1.54, 1.807) is 0 Å². The molecule has 0 bridgehead atoms. The van der Waals surface area contributed by atoms with E-state index in [0.29, 0.717) is 0 Å². The van der Waals surface area contributed by atoms with Crippen LogP contribution in [-0.2, 0) is 22.4 Å². The summed E-state index contributed by atoms with van der Waals surface area (Å²) in [6.45, 7) is -1.62. The summed E-state index contributed by atoms with van der Waals surface area (Å²) in [5.41, 5.74) is -1.11. The molecule has 0 spiro atoms. The Morgan fingerprint density at radius 2 is 0.900 bits per heavy atom. The molecule has 0 atom stereocenters. The molecule has 5 heteroatoms. The van der Waals surface area contributed by atoms with Crippen LogP contribution >= 0.6 is 0 Å². The molecular weight excluding hydrogens is 217 g/mol. The van der Waals surface area contributed by atoms with Crippen LogP contribution in [0.1, 0.15) is 0 Å². The normalized spacial score (nSPS) is 10.8. The van der Waals surface area contributed by atoms with Gasteiger partial charge in [-0.2, -0.15) is 0 Å². The van der Waals surface area contributed by atoms with Crippen molar-refractivity contribution in [1.82, 2.24) is 0 Å². The molecule has 0 heterocycles. The van der Waals surface area contributed by atoms with Crippen LogP contribution in [-0.4, -0.2) is 46.9 Å². The first-order valence-electron chi connectivity index (χ1n) is 2.68. The van der Waals surface area contributed by atoms with Gasteiger partial charge in [0.25, 0.3) is 0 Å². The summed E-state index contributed by atoms with van der Waals surface area (Å²) in [6, 6.07) is 0. The van der Waals surface area contributed by atoms with Gasteiger partial charge in [0.2, 0.25) is 0 Å². The fourth-order valence-corrected chi connectivity index (χ4v) is 0.300. The Morgan fingerprint density at radius 3 is 0.900 bits per heavy atom. The van der Waals surface area contributed by atoms with Crippen LogP contribution in [0.3, 0.4) is 0 Å². The van der Waals surface area contributed by atoms with Crippen LogP contribution in [0.15, 0.2) is 0 Å². The number of hydrogen-bond acceptors (Lipinski definition) is 4. The van der Waals surface area contributed by atoms with E-state index in [9.17, 15) is 0 Å². The van der Waals surface area contributed by atoms with Gasteiger partial charge < -0.3 is 20.4 Å². The predicted octanol–water partition coefficient (Wildman–Crippen LogP) is -2.06. The second kappa shape index (κ2) is 6.30. The van der Waals surface area contributed by atoms with Crippen LogP contribution in [0, 0.1) is 5.41 Å². The minimum absolute atomic E-state index is 0. The molecule has 0 saturated heterocycles. The van der Waals surface area contributed by atoms with Gasteiger partial charge in [0.15, 0.2) is 0 Å². The Hall–Kier alpha value is 0.580. The standard InChI is InChI=1S/C5H12O4.Nb/c6-1-5(2-7,3-8)4-9;/h6-9H,1-4H2;. The van der Waals surface area contributed by atoms with Crippen LogP contribution in [0.5, 0.6) is 0 Å². The first kappa shape index (κ1) is 13.2. The monoisotopic (exact) mass is 229 g/mol. The Balaban J connectivity index is 0. The van der Waals surface area contributed by atoms with Crippen LogP contribution in [0.4, 0.5) is 0 Å². The van der Waals surface area contributed by atoms with Gasteiger partial charge in [-0.3, -0.25) is 0 Å². The van der Waals surface area contributed by atoms with Crippen molar-refractivity contribution >= 4 is 0 Å². The minimum atomic E-state index is -1.11. The quantitative estimate of drug-likeness (QED) is 0.418. The Morgan fingerprint density at radius 1 is 0.700 bits per heavy atom. The zero-order valence-electron chi connectivity index (χ0n) is 5.56. The maximum atomic E-state index is 8.50. The molecule has 4 N–H and O–H groups in total. The van der Waals surface area contributed by atoms with Crippen LogP contribution < -0.4 is 0 Å². The minimum Gasteiger partial charge on any atom is -0.396 e. The maximum absolute atomic E-state index is 8.50. The average molecular weight is 229 g/mol. The van der Waals surface area contributed by atoms with Crippen molar-refractivity contribution in [2.45, 2.75) is 0 Å². The number of aliphatic hydroxyl groups excluding tert-OH is 4. The molecular formula is C5H12NbO4. The van der Waals surface area contributed by atoms with Gasteiger partial charge in [-0.1, -0.05) is 0 Å². The fraction of sp³-hybridized carbons (Fsp3) is 1.00. The van der Waals surface area contributed by atoms with Gasteiger partial charge in [0.1, 0.15) is 0 Å². The number of rotatable bonds is 4. The number of hydrogen-bond donors (Lipinski definition) is 4. The summed E-state index contributed by atoms with van der Waals surface area (Å²) in [5.74, 6) is 0. The molecule has 61 valence electrons. The third kappa shape index (κ3) is 3.12. The Bertz CT molecular complexity index is 56.5. The molecule has 4 nitrogen and oxygen atoms in total. The van der Waals surface area contributed by atoms with E-state index in [4.69, 9.17) is 20.4 Å². The summed E-state index contributed by atoms with van der Waals surface area (Å²) in [5, 5.41) is 34.0. The molecule has 10 heavy (non-hydrogen) atoms. The topological polar surface area (TPSA) is 80.9 Å². The van der Waals surface area contributed by atoms with E-state index in [0.717, 1.165) is 0 Å². The van der Waals surface area contributed by atoms with Gasteiger partial charge in [-0.25, -0.2) is 0 Å². The third-order valence-electron chi connectivity index (χ3n) is 1.34. The molecule has 0 aliphatic carbocycles. The summed E-state index contributed by atoms with van der Waals surface area (Å²) in [4.78, 5) is 0. The number of aliphatic hydroxyl groups is 4. The molecule has 0 amide bonds. The summed E-state index contributed by atoms with van der Waals surface area (Å²) in [7, 11) is 0. The Labute approximate surface area is 75.0 Å². The van der Waals surface area contributed by atoms with Crippen molar-refractivity contribution in [3.05, 3.63) is 0 Å². The molecule has 0 fully saturated rings. The van der Waals surface area contributed by atoms with Crippen molar-refractivity contribution in [1.29, 1.82) is 0 Å². The van der Waals surface area contributed by atoms with Gasteiger partial charge >= 0.3 is 0 Å². The van der Waals surface area contributed by atoms with Gasteiger partial charge in [-0.15, -0.1) is 0 Å². The van der Waals surface area contributed by atoms with E-state index in [-0.39, 0.29) is 22.4 Å². The largest absolute Gasteiger partial charge is 0.396 e. The molecule has 0 rings (SSSR count). The zero-order valence-corrected chi connectivity index (χ0v) is 7.76. The van der Waals surface area contributed by atoms with Crippen molar-refractivity contribution in [2.75, 3.05) is 26.4 Å². The van der Waals surface area contributed by atoms with Crippen LogP contribution in [0.25, 0.3) is 0 Å². The maximum Gasteiger partial charge on any atom is 0.0627 e. The van der Waals surface area contributed by atoms with E-state index >= 15 is 0 Å². The third-order valence-corrected chi connectivity index (χ3v) is 1.34. The summed E-state index contributed by atoms with van der Waals surface area (Å²) in [6.07, 6.45) is 0. The van der Waals surface area contributed by atoms with Gasteiger partial charge in [0.05, 0.1) is 31.8 Å². The zero-order chi connectivity index (χ0) is 7.33. The molecule has 0 saturated carbocycles. The molecule has 0 aliphatic heterocycles. The van der Waals surface area contributed by atoms with Gasteiger partial charge in [-0.05, 0) is 0 Å². The van der Waals surface area contributed by atoms with Crippen molar-refractivity contribution in [3.8, 4) is 0 Å². The second-order valence-electron chi connectivity index (χ2n) is 2.13. The molecule has 0 unspecified atom stereocenters. The van der Waals surface area contributed by atoms with Crippen molar-refractivity contribution in [3.63, 3.8) is 0 Å². The van der Waals surface area contributed by atoms with E-state index in [2.05, 4.69) is 0 Å². The Kier molecular flexibility index (Phi) is 8.31. The molecule has 1 radical (unpaired) electrons. The first-order chi connectivity index (χ1) is 4.24. The van der Waals surface area contributed by atoms with E-state index < -0.39 is 31.8 Å². The SMILES string of the molecule is OCC(CO)(CO)CO.[Nb]. The molecule has 0 aromatic rings. The van der Waals surface area contributed by atoms with Crippen molar-refractivity contribution in [2.24, 2.45) is 5.41 Å². The molecule has 0 aromatic carbocycles. The average Bonchev–Trinajstić information content (AvgIpc) is 1.95. The first-order valence-corrected chi connectivity index (χ1v) is 2.68.